The number of pyridine rings is 1. The van der Waals surface area contributed by atoms with Crippen LogP contribution in [0.3, 0.4) is 0 Å². The minimum absolute atomic E-state index is 0.337. The van der Waals surface area contributed by atoms with E-state index < -0.39 is 0 Å². The molecule has 0 bridgehead atoms. The topological polar surface area (TPSA) is 71.1 Å². The van der Waals surface area contributed by atoms with Crippen molar-refractivity contribution in [1.29, 1.82) is 0 Å². The third kappa shape index (κ3) is 4.47. The Kier molecular flexibility index (Phi) is 5.65. The summed E-state index contributed by atoms with van der Waals surface area (Å²) < 4.78 is 0.693. The lowest BCUT2D eigenvalue weighted by Crippen LogP contribution is -2.18. The summed E-state index contributed by atoms with van der Waals surface area (Å²) in [4.78, 5) is 29.0. The van der Waals surface area contributed by atoms with E-state index in [4.69, 9.17) is 11.6 Å². The van der Waals surface area contributed by atoms with Crippen molar-refractivity contribution >= 4 is 50.7 Å². The van der Waals surface area contributed by atoms with Crippen LogP contribution >= 0.6 is 27.5 Å². The van der Waals surface area contributed by atoms with Gasteiger partial charge in [0.1, 0.15) is 0 Å². The third-order valence-corrected chi connectivity index (χ3v) is 4.17. The van der Waals surface area contributed by atoms with E-state index in [0.29, 0.717) is 32.0 Å². The van der Waals surface area contributed by atoms with E-state index in [0.717, 1.165) is 0 Å². The molecular formula is C19H13BrClN3O2. The minimum atomic E-state index is -0.356. The van der Waals surface area contributed by atoms with Gasteiger partial charge in [0.2, 0.25) is 0 Å². The Bertz CT molecular complexity index is 961. The van der Waals surface area contributed by atoms with E-state index in [9.17, 15) is 9.59 Å². The Morgan fingerprint density at radius 2 is 1.65 bits per heavy atom. The predicted molar refractivity (Wildman–Crippen MR) is 106 cm³/mol. The monoisotopic (exact) mass is 429 g/mol. The molecule has 3 aromatic rings. The maximum atomic E-state index is 12.6. The molecule has 5 nitrogen and oxygen atoms in total. The van der Waals surface area contributed by atoms with Gasteiger partial charge < -0.3 is 10.6 Å². The third-order valence-electron chi connectivity index (χ3n) is 3.49. The first-order valence-electron chi connectivity index (χ1n) is 7.61. The van der Waals surface area contributed by atoms with Gasteiger partial charge in [-0.25, -0.2) is 0 Å². The van der Waals surface area contributed by atoms with Crippen molar-refractivity contribution < 1.29 is 9.59 Å². The minimum Gasteiger partial charge on any atom is -0.322 e. The molecule has 0 saturated heterocycles. The molecule has 0 atom stereocenters. The average molecular weight is 431 g/mol. The van der Waals surface area contributed by atoms with E-state index in [2.05, 4.69) is 31.5 Å². The summed E-state index contributed by atoms with van der Waals surface area (Å²) in [6.45, 7) is 0. The molecule has 0 fully saturated rings. The standard InChI is InChI=1S/C19H13BrClN3O2/c20-13-9-12(10-22-11-13)18(25)24-17-4-2-1-3-16(17)19(26)23-15-7-5-14(21)6-8-15/h1-11H,(H,23,26)(H,24,25). The van der Waals surface area contributed by atoms with Gasteiger partial charge in [-0.15, -0.1) is 0 Å². The van der Waals surface area contributed by atoms with Crippen LogP contribution in [0.2, 0.25) is 5.02 Å². The number of amides is 2. The quantitative estimate of drug-likeness (QED) is 0.612. The molecule has 0 radical (unpaired) electrons. The number of hydrogen-bond acceptors (Lipinski definition) is 3. The van der Waals surface area contributed by atoms with E-state index in [1.165, 1.54) is 6.20 Å². The summed E-state index contributed by atoms with van der Waals surface area (Å²) in [5, 5.41) is 6.11. The molecule has 0 saturated carbocycles. The molecule has 2 amide bonds. The smallest absolute Gasteiger partial charge is 0.257 e. The lowest BCUT2D eigenvalue weighted by atomic mass is 10.1. The van der Waals surface area contributed by atoms with Crippen molar-refractivity contribution in [2.24, 2.45) is 0 Å². The van der Waals surface area contributed by atoms with E-state index >= 15 is 0 Å². The number of nitrogens with zero attached hydrogens (tertiary/aromatic N) is 1. The molecule has 3 rings (SSSR count). The summed E-state index contributed by atoms with van der Waals surface area (Å²) >= 11 is 9.13. The van der Waals surface area contributed by atoms with Crippen LogP contribution in [0.1, 0.15) is 20.7 Å². The molecule has 0 aliphatic carbocycles. The van der Waals surface area contributed by atoms with Crippen molar-refractivity contribution in [2.75, 3.05) is 10.6 Å². The van der Waals surface area contributed by atoms with Crippen LogP contribution in [-0.4, -0.2) is 16.8 Å². The van der Waals surface area contributed by atoms with E-state index in [1.807, 2.05) is 0 Å². The van der Waals surface area contributed by atoms with Crippen LogP contribution in [0.25, 0.3) is 0 Å². The fraction of sp³-hybridized carbons (Fsp3) is 0. The second-order valence-electron chi connectivity index (χ2n) is 5.35. The van der Waals surface area contributed by atoms with Crippen molar-refractivity contribution in [3.8, 4) is 0 Å². The second kappa shape index (κ2) is 8.12. The normalized spacial score (nSPS) is 10.2. The molecule has 2 aromatic carbocycles. The summed E-state index contributed by atoms with van der Waals surface area (Å²) in [5.74, 6) is -0.693. The first kappa shape index (κ1) is 18.1. The zero-order valence-corrected chi connectivity index (χ0v) is 15.7. The Balaban J connectivity index is 1.80. The average Bonchev–Trinajstić information content (AvgIpc) is 2.64. The van der Waals surface area contributed by atoms with Gasteiger partial charge in [-0.2, -0.15) is 0 Å². The fourth-order valence-electron chi connectivity index (χ4n) is 2.25. The van der Waals surface area contributed by atoms with Gasteiger partial charge >= 0.3 is 0 Å². The highest BCUT2D eigenvalue weighted by Crippen LogP contribution is 2.20. The Morgan fingerprint density at radius 1 is 0.923 bits per heavy atom. The molecule has 1 aromatic heterocycles. The number of anilines is 2. The van der Waals surface area contributed by atoms with Gasteiger partial charge in [-0.3, -0.25) is 14.6 Å². The van der Waals surface area contributed by atoms with E-state index in [1.54, 1.807) is 60.8 Å². The molecule has 0 spiro atoms. The lowest BCUT2D eigenvalue weighted by Gasteiger charge is -2.11. The maximum Gasteiger partial charge on any atom is 0.257 e. The molecule has 0 aliphatic rings. The lowest BCUT2D eigenvalue weighted by molar-refractivity contribution is 0.102. The van der Waals surface area contributed by atoms with Crippen molar-refractivity contribution in [2.45, 2.75) is 0 Å². The Morgan fingerprint density at radius 3 is 2.38 bits per heavy atom. The van der Waals surface area contributed by atoms with Gasteiger partial charge in [0, 0.05) is 27.6 Å². The molecular weight excluding hydrogens is 418 g/mol. The SMILES string of the molecule is O=C(Nc1ccccc1C(=O)Nc1ccc(Cl)cc1)c1cncc(Br)c1. The van der Waals surface area contributed by atoms with Gasteiger partial charge in [0.05, 0.1) is 16.8 Å². The number of halogens is 2. The first-order valence-corrected chi connectivity index (χ1v) is 8.78. The molecule has 130 valence electrons. The molecule has 26 heavy (non-hydrogen) atoms. The zero-order chi connectivity index (χ0) is 18.5. The Labute approximate surface area is 163 Å². The summed E-state index contributed by atoms with van der Waals surface area (Å²) in [6, 6.07) is 15.2. The molecule has 0 aliphatic heterocycles. The van der Waals surface area contributed by atoms with Crippen LogP contribution < -0.4 is 10.6 Å². The number of para-hydroxylation sites is 1. The van der Waals surface area contributed by atoms with Crippen molar-refractivity contribution in [1.82, 2.24) is 4.98 Å². The highest BCUT2D eigenvalue weighted by molar-refractivity contribution is 9.10. The van der Waals surface area contributed by atoms with Crippen LogP contribution in [0, 0.1) is 0 Å². The van der Waals surface area contributed by atoms with Crippen LogP contribution in [-0.2, 0) is 0 Å². The van der Waals surface area contributed by atoms with Gasteiger partial charge in [-0.05, 0) is 58.4 Å². The predicted octanol–water partition coefficient (Wildman–Crippen LogP) is 5.00. The summed E-state index contributed by atoms with van der Waals surface area (Å²) in [6.07, 6.45) is 3.04. The number of benzene rings is 2. The van der Waals surface area contributed by atoms with Crippen molar-refractivity contribution in [3.63, 3.8) is 0 Å². The summed E-state index contributed by atoms with van der Waals surface area (Å²) in [5.41, 5.74) is 1.74. The summed E-state index contributed by atoms with van der Waals surface area (Å²) in [7, 11) is 0. The Hall–Kier alpha value is -2.70. The van der Waals surface area contributed by atoms with Crippen LogP contribution in [0.5, 0.6) is 0 Å². The maximum absolute atomic E-state index is 12.6. The number of hydrogen-bond donors (Lipinski definition) is 2. The molecule has 2 N–H and O–H groups in total. The molecule has 0 unspecified atom stereocenters. The zero-order valence-electron chi connectivity index (χ0n) is 13.4. The van der Waals surface area contributed by atoms with Crippen molar-refractivity contribution in [3.05, 3.63) is 87.6 Å². The second-order valence-corrected chi connectivity index (χ2v) is 6.70. The fourth-order valence-corrected chi connectivity index (χ4v) is 2.74. The van der Waals surface area contributed by atoms with Crippen LogP contribution in [0.4, 0.5) is 11.4 Å². The highest BCUT2D eigenvalue weighted by atomic mass is 79.9. The largest absolute Gasteiger partial charge is 0.322 e. The van der Waals surface area contributed by atoms with Gasteiger partial charge in [0.15, 0.2) is 0 Å². The number of rotatable bonds is 4. The van der Waals surface area contributed by atoms with E-state index in [-0.39, 0.29) is 11.8 Å². The molecule has 7 heteroatoms. The number of carbonyl (C=O) groups excluding carboxylic acids is 2. The number of aromatic nitrogens is 1. The van der Waals surface area contributed by atoms with Gasteiger partial charge in [-0.1, -0.05) is 23.7 Å². The highest BCUT2D eigenvalue weighted by Gasteiger charge is 2.14. The van der Waals surface area contributed by atoms with Gasteiger partial charge in [0.25, 0.3) is 11.8 Å². The number of nitrogens with one attached hydrogen (secondary N) is 2. The molecule has 1 heterocycles. The van der Waals surface area contributed by atoms with Crippen LogP contribution in [0.15, 0.2) is 71.5 Å². The first-order chi connectivity index (χ1) is 12.5. The number of carbonyl (C=O) groups is 2.